The minimum atomic E-state index is 0.817. The Labute approximate surface area is 71.5 Å². The normalized spacial score (nSPS) is 19.7. The van der Waals surface area contributed by atoms with E-state index in [2.05, 4.69) is 19.8 Å². The maximum Gasteiger partial charge on any atom is 0.149 e. The third-order valence-corrected chi connectivity index (χ3v) is 2.08. The lowest BCUT2D eigenvalue weighted by atomic mass is 10.1. The lowest BCUT2D eigenvalue weighted by molar-refractivity contribution is 0.284. The molecule has 1 aliphatic rings. The van der Waals surface area contributed by atoms with Gasteiger partial charge in [-0.1, -0.05) is 6.42 Å². The van der Waals surface area contributed by atoms with Gasteiger partial charge in [0, 0.05) is 5.27 Å². The minimum absolute atomic E-state index is 0.817. The Kier molecular flexibility index (Phi) is 2.36. The Balaban J connectivity index is 1.86. The van der Waals surface area contributed by atoms with Crippen molar-refractivity contribution < 1.29 is 4.52 Å². The van der Waals surface area contributed by atoms with Crippen LogP contribution >= 0.6 is 0 Å². The minimum Gasteiger partial charge on any atom is -0.345 e. The molecule has 0 aliphatic carbocycles. The molecule has 0 aromatic carbocycles. The summed E-state index contributed by atoms with van der Waals surface area (Å²) in [5.41, 5.74) is 0.817. The molecule has 2 rings (SSSR count). The molecule has 0 bridgehead atoms. The molecular weight excluding hydrogens is 154 g/mol. The zero-order chi connectivity index (χ0) is 8.23. The Morgan fingerprint density at radius 3 is 2.83 bits per heavy atom. The highest BCUT2D eigenvalue weighted by Gasteiger charge is 2.12. The van der Waals surface area contributed by atoms with Gasteiger partial charge in [0.1, 0.15) is 12.0 Å². The molecule has 4 nitrogen and oxygen atoms in total. The average molecular weight is 166 g/mol. The van der Waals surface area contributed by atoms with Gasteiger partial charge in [-0.15, -0.1) is 5.10 Å². The number of likely N-dealkylation sites (tertiary alicyclic amines) is 1. The van der Waals surface area contributed by atoms with E-state index in [1.165, 1.54) is 19.3 Å². The second-order valence-electron chi connectivity index (χ2n) is 3.06. The summed E-state index contributed by atoms with van der Waals surface area (Å²) in [6.45, 7) is 4.27. The van der Waals surface area contributed by atoms with Crippen molar-refractivity contribution in [3.63, 3.8) is 0 Å². The van der Waals surface area contributed by atoms with Gasteiger partial charge >= 0.3 is 0 Å². The quantitative estimate of drug-likeness (QED) is 0.659. The van der Waals surface area contributed by atoms with Crippen molar-refractivity contribution >= 4 is 0 Å². The lowest BCUT2D eigenvalue weighted by Crippen LogP contribution is -2.27. The highest BCUT2D eigenvalue weighted by atomic mass is 16.5. The van der Waals surface area contributed by atoms with Crippen molar-refractivity contribution in [2.24, 2.45) is 0 Å². The molecule has 0 unspecified atom stereocenters. The van der Waals surface area contributed by atoms with Crippen molar-refractivity contribution in [2.75, 3.05) is 13.1 Å². The fraction of sp³-hybridized carbons (Fsp3) is 0.625. The summed E-state index contributed by atoms with van der Waals surface area (Å²) < 4.78 is 4.64. The summed E-state index contributed by atoms with van der Waals surface area (Å²) in [6, 6.07) is 0. The number of piperidine rings is 1. The van der Waals surface area contributed by atoms with Crippen LogP contribution < -0.4 is 0 Å². The highest BCUT2D eigenvalue weighted by molar-refractivity contribution is 5.02. The van der Waals surface area contributed by atoms with Gasteiger partial charge in [0.15, 0.2) is 0 Å². The molecular formula is C8H12N3O. The van der Waals surface area contributed by atoms with Crippen LogP contribution in [0.15, 0.2) is 10.8 Å². The summed E-state index contributed by atoms with van der Waals surface area (Å²) in [7, 11) is 0. The fourth-order valence-electron chi connectivity index (χ4n) is 1.46. The van der Waals surface area contributed by atoms with E-state index in [-0.39, 0.29) is 0 Å². The molecule has 0 saturated carbocycles. The van der Waals surface area contributed by atoms with E-state index < -0.39 is 0 Å². The first-order chi connectivity index (χ1) is 5.95. The predicted octanol–water partition coefficient (Wildman–Crippen LogP) is 1.07. The van der Waals surface area contributed by atoms with Gasteiger partial charge in [-0.2, -0.15) is 0 Å². The number of hydrogen-bond donors (Lipinski definition) is 0. The number of rotatable bonds is 2. The van der Waals surface area contributed by atoms with Gasteiger partial charge in [0.25, 0.3) is 0 Å². The summed E-state index contributed by atoms with van der Waals surface area (Å²) >= 11 is 0. The van der Waals surface area contributed by atoms with Crippen molar-refractivity contribution in [3.05, 3.63) is 18.5 Å². The average Bonchev–Trinajstić information content (AvgIpc) is 2.59. The van der Waals surface area contributed by atoms with Gasteiger partial charge in [-0.25, -0.2) is 0 Å². The Morgan fingerprint density at radius 2 is 2.17 bits per heavy atom. The van der Waals surface area contributed by atoms with E-state index in [9.17, 15) is 0 Å². The van der Waals surface area contributed by atoms with Gasteiger partial charge < -0.3 is 4.52 Å². The van der Waals surface area contributed by atoms with Crippen LogP contribution in [0.1, 0.15) is 25.0 Å². The maximum absolute atomic E-state index is 4.64. The van der Waals surface area contributed by atoms with Crippen molar-refractivity contribution in [2.45, 2.75) is 19.3 Å². The van der Waals surface area contributed by atoms with Crippen molar-refractivity contribution in [3.8, 4) is 0 Å². The SMILES string of the molecule is [CH](c1conn1)N1CCCCC1. The third-order valence-electron chi connectivity index (χ3n) is 2.08. The maximum atomic E-state index is 4.64. The summed E-state index contributed by atoms with van der Waals surface area (Å²) in [4.78, 5) is 2.27. The topological polar surface area (TPSA) is 42.2 Å². The van der Waals surface area contributed by atoms with Crippen molar-refractivity contribution in [1.82, 2.24) is 15.3 Å². The van der Waals surface area contributed by atoms with Gasteiger partial charge in [0.2, 0.25) is 0 Å². The van der Waals surface area contributed by atoms with Crippen LogP contribution in [0.25, 0.3) is 0 Å². The number of hydrogen-bond acceptors (Lipinski definition) is 4. The molecule has 1 aromatic heterocycles. The smallest absolute Gasteiger partial charge is 0.149 e. The molecule has 1 radical (unpaired) electrons. The van der Waals surface area contributed by atoms with Crippen LogP contribution in [0, 0.1) is 6.54 Å². The van der Waals surface area contributed by atoms with Crippen LogP contribution in [0.2, 0.25) is 0 Å². The summed E-state index contributed by atoms with van der Waals surface area (Å²) in [6.07, 6.45) is 5.47. The molecule has 2 heterocycles. The van der Waals surface area contributed by atoms with Crippen LogP contribution in [-0.2, 0) is 0 Å². The Morgan fingerprint density at radius 1 is 1.33 bits per heavy atom. The van der Waals surface area contributed by atoms with E-state index in [4.69, 9.17) is 0 Å². The van der Waals surface area contributed by atoms with E-state index in [0.29, 0.717) is 0 Å². The first-order valence-corrected chi connectivity index (χ1v) is 4.31. The molecule has 0 spiro atoms. The third kappa shape index (κ3) is 1.82. The van der Waals surface area contributed by atoms with E-state index >= 15 is 0 Å². The summed E-state index contributed by atoms with van der Waals surface area (Å²) in [5, 5.41) is 7.20. The van der Waals surface area contributed by atoms with E-state index in [1.54, 1.807) is 6.26 Å². The molecule has 65 valence electrons. The molecule has 0 amide bonds. The zero-order valence-electron chi connectivity index (χ0n) is 6.94. The molecule has 0 atom stereocenters. The summed E-state index contributed by atoms with van der Waals surface area (Å²) in [5.74, 6) is 0. The Bertz CT molecular complexity index is 216. The first-order valence-electron chi connectivity index (χ1n) is 4.31. The van der Waals surface area contributed by atoms with Crippen LogP contribution in [0.5, 0.6) is 0 Å². The van der Waals surface area contributed by atoms with Gasteiger partial charge in [0.05, 0.1) is 6.54 Å². The number of nitrogens with zero attached hydrogens (tertiary/aromatic N) is 3. The first kappa shape index (κ1) is 7.73. The fourth-order valence-corrected chi connectivity index (χ4v) is 1.46. The van der Waals surface area contributed by atoms with Gasteiger partial charge in [-0.05, 0) is 25.9 Å². The largest absolute Gasteiger partial charge is 0.345 e. The van der Waals surface area contributed by atoms with Crippen LogP contribution in [0.4, 0.5) is 0 Å². The molecule has 12 heavy (non-hydrogen) atoms. The van der Waals surface area contributed by atoms with Crippen LogP contribution in [0.3, 0.4) is 0 Å². The molecule has 0 N–H and O–H groups in total. The monoisotopic (exact) mass is 166 g/mol. The van der Waals surface area contributed by atoms with E-state index in [1.807, 2.05) is 6.54 Å². The molecule has 1 aromatic rings. The highest BCUT2D eigenvalue weighted by Crippen LogP contribution is 2.12. The van der Waals surface area contributed by atoms with Crippen molar-refractivity contribution in [1.29, 1.82) is 0 Å². The molecule has 1 saturated heterocycles. The predicted molar refractivity (Wildman–Crippen MR) is 43.1 cm³/mol. The van der Waals surface area contributed by atoms with Gasteiger partial charge in [-0.3, -0.25) is 4.90 Å². The lowest BCUT2D eigenvalue weighted by Gasteiger charge is -2.24. The second-order valence-corrected chi connectivity index (χ2v) is 3.06. The van der Waals surface area contributed by atoms with E-state index in [0.717, 1.165) is 18.8 Å². The second kappa shape index (κ2) is 3.67. The zero-order valence-corrected chi connectivity index (χ0v) is 6.94. The molecule has 1 aliphatic heterocycles. The molecule has 4 heteroatoms. The molecule has 1 fully saturated rings. The standard InChI is InChI=1S/C8H12N3O/c1-2-4-11(5-3-1)6-8-7-12-10-9-8/h6-7H,1-5H2. The van der Waals surface area contributed by atoms with Crippen LogP contribution in [-0.4, -0.2) is 28.4 Å². The Hall–Kier alpha value is -0.900. The number of aromatic nitrogens is 2.